The first kappa shape index (κ1) is 19.8. The van der Waals surface area contributed by atoms with E-state index in [0.717, 1.165) is 19.4 Å². The molecule has 28 heavy (non-hydrogen) atoms. The topological polar surface area (TPSA) is 77.6 Å². The Kier molecular flexibility index (Phi) is 6.23. The van der Waals surface area contributed by atoms with Gasteiger partial charge in [0.25, 0.3) is 5.91 Å². The van der Waals surface area contributed by atoms with Crippen molar-refractivity contribution in [1.29, 1.82) is 0 Å². The third kappa shape index (κ3) is 5.52. The molecular weight excluding hydrogens is 352 g/mol. The fraction of sp³-hybridized carbons (Fsp3) is 0.429. The molecule has 1 aromatic carbocycles. The maximum Gasteiger partial charge on any atom is 0.273 e. The standard InChI is InChI=1S/C21H28N6O/c1-21(2,3)19(15-26-13-11-22-16-26)23-20(28)18-14-27(25-24-18)12-7-10-17-8-5-4-6-9-17/h4-6,8-9,11,13-14,16,19H,7,10,12,15H2,1-3H3,(H,23,28). The van der Waals surface area contributed by atoms with Crippen LogP contribution in [-0.4, -0.2) is 36.5 Å². The second-order valence-electron chi connectivity index (χ2n) is 8.11. The maximum atomic E-state index is 12.7. The largest absolute Gasteiger partial charge is 0.346 e. The molecule has 0 bridgehead atoms. The summed E-state index contributed by atoms with van der Waals surface area (Å²) in [6, 6.07) is 10.3. The lowest BCUT2D eigenvalue weighted by atomic mass is 9.86. The van der Waals surface area contributed by atoms with Crippen molar-refractivity contribution in [3.05, 3.63) is 66.5 Å². The van der Waals surface area contributed by atoms with Gasteiger partial charge in [-0.1, -0.05) is 56.3 Å². The highest BCUT2D eigenvalue weighted by atomic mass is 16.2. The minimum absolute atomic E-state index is 0.0579. The molecule has 1 N–H and O–H groups in total. The summed E-state index contributed by atoms with van der Waals surface area (Å²) in [6.45, 7) is 7.70. The maximum absolute atomic E-state index is 12.7. The van der Waals surface area contributed by atoms with Crippen LogP contribution < -0.4 is 5.32 Å². The van der Waals surface area contributed by atoms with Gasteiger partial charge < -0.3 is 9.88 Å². The van der Waals surface area contributed by atoms with Crippen LogP contribution in [-0.2, 0) is 19.5 Å². The molecule has 0 aliphatic heterocycles. The van der Waals surface area contributed by atoms with Gasteiger partial charge in [0, 0.05) is 25.5 Å². The van der Waals surface area contributed by atoms with Gasteiger partial charge in [-0.15, -0.1) is 5.10 Å². The quantitative estimate of drug-likeness (QED) is 0.652. The normalized spacial score (nSPS) is 12.7. The number of carbonyl (C=O) groups excluding carboxylic acids is 1. The number of carbonyl (C=O) groups is 1. The molecule has 0 radical (unpaired) electrons. The van der Waals surface area contributed by atoms with Crippen molar-refractivity contribution in [2.45, 2.75) is 52.7 Å². The summed E-state index contributed by atoms with van der Waals surface area (Å²) in [4.78, 5) is 16.8. The minimum atomic E-state index is -0.200. The van der Waals surface area contributed by atoms with Gasteiger partial charge in [0.1, 0.15) is 0 Å². The van der Waals surface area contributed by atoms with Gasteiger partial charge in [0.2, 0.25) is 0 Å². The molecule has 1 amide bonds. The number of aromatic nitrogens is 5. The summed E-state index contributed by atoms with van der Waals surface area (Å²) in [7, 11) is 0. The highest BCUT2D eigenvalue weighted by Gasteiger charge is 2.27. The zero-order chi connectivity index (χ0) is 20.0. The van der Waals surface area contributed by atoms with Crippen LogP contribution in [0, 0.1) is 5.41 Å². The molecule has 0 spiro atoms. The molecule has 7 heteroatoms. The first-order valence-electron chi connectivity index (χ1n) is 9.62. The molecule has 0 saturated heterocycles. The zero-order valence-electron chi connectivity index (χ0n) is 16.7. The van der Waals surface area contributed by atoms with Crippen molar-refractivity contribution in [2.24, 2.45) is 5.41 Å². The van der Waals surface area contributed by atoms with E-state index in [1.54, 1.807) is 23.4 Å². The van der Waals surface area contributed by atoms with E-state index in [1.807, 2.05) is 29.0 Å². The van der Waals surface area contributed by atoms with Crippen LogP contribution in [0.15, 0.2) is 55.2 Å². The van der Waals surface area contributed by atoms with Crippen molar-refractivity contribution in [3.8, 4) is 0 Å². The summed E-state index contributed by atoms with van der Waals surface area (Å²) in [5.74, 6) is -0.200. The van der Waals surface area contributed by atoms with Crippen molar-refractivity contribution in [3.63, 3.8) is 0 Å². The van der Waals surface area contributed by atoms with Crippen LogP contribution in [0.4, 0.5) is 0 Å². The fourth-order valence-electron chi connectivity index (χ4n) is 2.98. The first-order valence-corrected chi connectivity index (χ1v) is 9.62. The third-order valence-electron chi connectivity index (χ3n) is 4.77. The van der Waals surface area contributed by atoms with E-state index in [2.05, 4.69) is 53.5 Å². The molecule has 0 aliphatic carbocycles. The summed E-state index contributed by atoms with van der Waals surface area (Å²) in [5, 5.41) is 11.3. The van der Waals surface area contributed by atoms with Crippen LogP contribution in [0.1, 0.15) is 43.2 Å². The molecule has 0 saturated carbocycles. The molecule has 0 fully saturated rings. The zero-order valence-corrected chi connectivity index (χ0v) is 16.7. The number of imidazole rings is 1. The van der Waals surface area contributed by atoms with Crippen molar-refractivity contribution in [1.82, 2.24) is 29.9 Å². The number of nitrogens with zero attached hydrogens (tertiary/aromatic N) is 5. The van der Waals surface area contributed by atoms with Crippen molar-refractivity contribution >= 4 is 5.91 Å². The van der Waals surface area contributed by atoms with Gasteiger partial charge in [0.05, 0.1) is 18.6 Å². The Morgan fingerprint density at radius 3 is 2.68 bits per heavy atom. The molecule has 1 unspecified atom stereocenters. The Labute approximate surface area is 165 Å². The van der Waals surface area contributed by atoms with Crippen LogP contribution >= 0.6 is 0 Å². The van der Waals surface area contributed by atoms with Crippen LogP contribution in [0.5, 0.6) is 0 Å². The number of nitrogens with one attached hydrogen (secondary N) is 1. The second kappa shape index (κ2) is 8.82. The predicted molar refractivity (Wildman–Crippen MR) is 108 cm³/mol. The Balaban J connectivity index is 1.56. The summed E-state index contributed by atoms with van der Waals surface area (Å²) >= 11 is 0. The number of benzene rings is 1. The van der Waals surface area contributed by atoms with E-state index in [4.69, 9.17) is 0 Å². The molecule has 2 heterocycles. The highest BCUT2D eigenvalue weighted by molar-refractivity contribution is 5.92. The summed E-state index contributed by atoms with van der Waals surface area (Å²) < 4.78 is 3.70. The number of amides is 1. The van der Waals surface area contributed by atoms with E-state index in [0.29, 0.717) is 12.2 Å². The van der Waals surface area contributed by atoms with Crippen molar-refractivity contribution in [2.75, 3.05) is 0 Å². The second-order valence-corrected chi connectivity index (χ2v) is 8.11. The van der Waals surface area contributed by atoms with Gasteiger partial charge in [0.15, 0.2) is 5.69 Å². The van der Waals surface area contributed by atoms with E-state index in [1.165, 1.54) is 5.56 Å². The smallest absolute Gasteiger partial charge is 0.273 e. The Hall–Kier alpha value is -2.96. The summed E-state index contributed by atoms with van der Waals surface area (Å²) in [5.41, 5.74) is 1.54. The van der Waals surface area contributed by atoms with Gasteiger partial charge in [-0.25, -0.2) is 4.98 Å². The molecular formula is C21H28N6O. The Morgan fingerprint density at radius 2 is 2.00 bits per heavy atom. The number of hydrogen-bond acceptors (Lipinski definition) is 4. The van der Waals surface area contributed by atoms with E-state index < -0.39 is 0 Å². The monoisotopic (exact) mass is 380 g/mol. The Bertz CT molecular complexity index is 864. The lowest BCUT2D eigenvalue weighted by molar-refractivity contribution is 0.0887. The molecule has 0 aliphatic rings. The van der Waals surface area contributed by atoms with E-state index >= 15 is 0 Å². The Morgan fingerprint density at radius 1 is 1.21 bits per heavy atom. The summed E-state index contributed by atoms with van der Waals surface area (Å²) in [6.07, 6.45) is 9.03. The van der Waals surface area contributed by atoms with Crippen molar-refractivity contribution < 1.29 is 4.79 Å². The van der Waals surface area contributed by atoms with Crippen LogP contribution in [0.3, 0.4) is 0 Å². The third-order valence-corrected chi connectivity index (χ3v) is 4.77. The number of aryl methyl sites for hydroxylation is 2. The number of rotatable bonds is 8. The van der Waals surface area contributed by atoms with Crippen LogP contribution in [0.25, 0.3) is 0 Å². The minimum Gasteiger partial charge on any atom is -0.346 e. The average molecular weight is 380 g/mol. The van der Waals surface area contributed by atoms with Gasteiger partial charge in [-0.05, 0) is 23.8 Å². The molecule has 1 atom stereocenters. The van der Waals surface area contributed by atoms with Gasteiger partial charge in [-0.3, -0.25) is 9.48 Å². The van der Waals surface area contributed by atoms with Gasteiger partial charge in [-0.2, -0.15) is 0 Å². The lowest BCUT2D eigenvalue weighted by Gasteiger charge is -2.31. The fourth-order valence-corrected chi connectivity index (χ4v) is 2.98. The molecule has 3 rings (SSSR count). The SMILES string of the molecule is CC(C)(C)C(Cn1ccnc1)NC(=O)c1cn(CCCc2ccccc2)nn1. The van der Waals surface area contributed by atoms with Crippen LogP contribution in [0.2, 0.25) is 0 Å². The highest BCUT2D eigenvalue weighted by Crippen LogP contribution is 2.21. The lowest BCUT2D eigenvalue weighted by Crippen LogP contribution is -2.46. The van der Waals surface area contributed by atoms with E-state index in [9.17, 15) is 4.79 Å². The molecule has 7 nitrogen and oxygen atoms in total. The average Bonchev–Trinajstić information content (AvgIpc) is 3.33. The molecule has 2 aromatic heterocycles. The molecule has 148 valence electrons. The first-order chi connectivity index (χ1) is 13.4. The predicted octanol–water partition coefficient (Wildman–Crippen LogP) is 2.95. The van der Waals surface area contributed by atoms with E-state index in [-0.39, 0.29) is 17.4 Å². The molecule has 3 aromatic rings. The number of hydrogen-bond donors (Lipinski definition) is 1. The van der Waals surface area contributed by atoms with Gasteiger partial charge >= 0.3 is 0 Å².